The van der Waals surface area contributed by atoms with Gasteiger partial charge in [0, 0.05) is 25.7 Å². The molecule has 0 aromatic rings. The third-order valence-corrected chi connectivity index (χ3v) is 5.16. The van der Waals surface area contributed by atoms with E-state index in [9.17, 15) is 8.78 Å². The number of nitrogens with two attached hydrogens (primary N) is 1. The predicted molar refractivity (Wildman–Crippen MR) is 74.9 cm³/mol. The molecular formula is C13H24F2N2OS. The van der Waals surface area contributed by atoms with Crippen molar-refractivity contribution in [3.8, 4) is 0 Å². The van der Waals surface area contributed by atoms with Crippen LogP contribution in [0.2, 0.25) is 0 Å². The van der Waals surface area contributed by atoms with Crippen molar-refractivity contribution in [3.05, 3.63) is 0 Å². The molecule has 3 nitrogen and oxygen atoms in total. The Morgan fingerprint density at radius 1 is 1.37 bits per heavy atom. The Labute approximate surface area is 118 Å². The van der Waals surface area contributed by atoms with Crippen LogP contribution in [0.15, 0.2) is 0 Å². The van der Waals surface area contributed by atoms with Gasteiger partial charge in [-0.3, -0.25) is 4.90 Å². The van der Waals surface area contributed by atoms with Gasteiger partial charge < -0.3 is 10.5 Å². The first-order valence-electron chi connectivity index (χ1n) is 7.09. The molecule has 1 unspecified atom stereocenters. The van der Waals surface area contributed by atoms with E-state index in [1.165, 1.54) is 0 Å². The summed E-state index contributed by atoms with van der Waals surface area (Å²) in [5.74, 6) is 2.25. The summed E-state index contributed by atoms with van der Waals surface area (Å²) in [7, 11) is 0. The molecule has 1 spiro atoms. The number of alkyl halides is 2. The minimum atomic E-state index is -2.28. The smallest absolute Gasteiger partial charge is 0.251 e. The van der Waals surface area contributed by atoms with Crippen LogP contribution in [-0.4, -0.2) is 60.7 Å². The van der Waals surface area contributed by atoms with Crippen LogP contribution >= 0.6 is 11.8 Å². The van der Waals surface area contributed by atoms with E-state index in [0.29, 0.717) is 19.7 Å². The van der Waals surface area contributed by atoms with Crippen LogP contribution in [0.25, 0.3) is 0 Å². The Hall–Kier alpha value is 0.0900. The molecule has 0 aromatic carbocycles. The molecule has 0 bridgehead atoms. The maximum atomic E-state index is 12.7. The summed E-state index contributed by atoms with van der Waals surface area (Å²) in [5, 5.41) is 0. The van der Waals surface area contributed by atoms with Crippen molar-refractivity contribution in [2.24, 2.45) is 5.73 Å². The van der Waals surface area contributed by atoms with Gasteiger partial charge in [-0.25, -0.2) is 8.78 Å². The maximum Gasteiger partial charge on any atom is 0.251 e. The van der Waals surface area contributed by atoms with E-state index in [2.05, 4.69) is 0 Å². The molecule has 2 aliphatic heterocycles. The molecular weight excluding hydrogens is 270 g/mol. The van der Waals surface area contributed by atoms with Gasteiger partial charge in [0.2, 0.25) is 0 Å². The lowest BCUT2D eigenvalue weighted by molar-refractivity contribution is -0.114. The molecule has 2 N–H and O–H groups in total. The summed E-state index contributed by atoms with van der Waals surface area (Å²) < 4.78 is 31.4. The molecule has 0 aromatic heterocycles. The van der Waals surface area contributed by atoms with Gasteiger partial charge in [-0.1, -0.05) is 0 Å². The zero-order valence-electron chi connectivity index (χ0n) is 11.3. The lowest BCUT2D eigenvalue weighted by Crippen LogP contribution is -2.52. The number of ether oxygens (including phenoxy) is 1. The van der Waals surface area contributed by atoms with E-state index >= 15 is 0 Å². The summed E-state index contributed by atoms with van der Waals surface area (Å²) in [4.78, 5) is 1.87. The molecule has 2 saturated heterocycles. The SMILES string of the molecule is NCCN(CC(F)F)C1CCOC2(CCSCC2)C1. The molecule has 2 aliphatic rings. The van der Waals surface area contributed by atoms with Gasteiger partial charge in [0.25, 0.3) is 6.43 Å². The van der Waals surface area contributed by atoms with Crippen molar-refractivity contribution >= 4 is 11.8 Å². The van der Waals surface area contributed by atoms with E-state index in [1.807, 2.05) is 16.7 Å². The zero-order chi connectivity index (χ0) is 13.7. The maximum absolute atomic E-state index is 12.7. The van der Waals surface area contributed by atoms with Gasteiger partial charge in [0.05, 0.1) is 12.1 Å². The summed E-state index contributed by atoms with van der Waals surface area (Å²) in [6, 6.07) is 0.203. The van der Waals surface area contributed by atoms with E-state index in [4.69, 9.17) is 10.5 Å². The van der Waals surface area contributed by atoms with Crippen LogP contribution in [0.4, 0.5) is 8.78 Å². The van der Waals surface area contributed by atoms with Crippen molar-refractivity contribution in [3.63, 3.8) is 0 Å². The van der Waals surface area contributed by atoms with E-state index in [-0.39, 0.29) is 18.2 Å². The van der Waals surface area contributed by atoms with E-state index in [0.717, 1.165) is 37.2 Å². The summed E-state index contributed by atoms with van der Waals surface area (Å²) in [6.45, 7) is 1.53. The highest BCUT2D eigenvalue weighted by molar-refractivity contribution is 7.99. The van der Waals surface area contributed by atoms with Crippen molar-refractivity contribution in [1.82, 2.24) is 4.90 Å². The number of halogens is 2. The van der Waals surface area contributed by atoms with Crippen LogP contribution in [0.3, 0.4) is 0 Å². The van der Waals surface area contributed by atoms with E-state index < -0.39 is 6.43 Å². The number of rotatable bonds is 5. The van der Waals surface area contributed by atoms with Crippen LogP contribution < -0.4 is 5.73 Å². The third kappa shape index (κ3) is 4.28. The highest BCUT2D eigenvalue weighted by Crippen LogP contribution is 2.38. The standard InChI is InChI=1S/C13H24F2N2OS/c14-12(15)10-17(5-4-16)11-1-6-18-13(9-11)2-7-19-8-3-13/h11-12H,1-10,16H2. The molecule has 0 amide bonds. The van der Waals surface area contributed by atoms with Gasteiger partial charge in [0.15, 0.2) is 0 Å². The fourth-order valence-corrected chi connectivity index (χ4v) is 4.41. The molecule has 2 fully saturated rings. The van der Waals surface area contributed by atoms with Crippen molar-refractivity contribution in [2.45, 2.75) is 43.8 Å². The quantitative estimate of drug-likeness (QED) is 0.841. The molecule has 6 heteroatoms. The fraction of sp³-hybridized carbons (Fsp3) is 1.00. The molecule has 112 valence electrons. The summed E-state index contributed by atoms with van der Waals surface area (Å²) in [6.07, 6.45) is 1.56. The Bertz CT molecular complexity index is 270. The number of hydrogen-bond donors (Lipinski definition) is 1. The second-order valence-electron chi connectivity index (χ2n) is 5.47. The second kappa shape index (κ2) is 7.20. The highest BCUT2D eigenvalue weighted by atomic mass is 32.2. The topological polar surface area (TPSA) is 38.5 Å². The minimum Gasteiger partial charge on any atom is -0.375 e. The van der Waals surface area contributed by atoms with Crippen LogP contribution in [0.5, 0.6) is 0 Å². The average molecular weight is 294 g/mol. The van der Waals surface area contributed by atoms with Gasteiger partial charge in [0.1, 0.15) is 0 Å². The highest BCUT2D eigenvalue weighted by Gasteiger charge is 2.40. The first-order valence-corrected chi connectivity index (χ1v) is 8.25. The van der Waals surface area contributed by atoms with Crippen LogP contribution in [0, 0.1) is 0 Å². The first-order chi connectivity index (χ1) is 9.15. The average Bonchev–Trinajstić information content (AvgIpc) is 2.39. The Morgan fingerprint density at radius 2 is 2.11 bits per heavy atom. The monoisotopic (exact) mass is 294 g/mol. The normalized spacial score (nSPS) is 27.3. The Kier molecular flexibility index (Phi) is 5.87. The molecule has 0 saturated carbocycles. The van der Waals surface area contributed by atoms with Gasteiger partial charge in [-0.05, 0) is 37.2 Å². The van der Waals surface area contributed by atoms with E-state index in [1.54, 1.807) is 0 Å². The van der Waals surface area contributed by atoms with Crippen LogP contribution in [0.1, 0.15) is 25.7 Å². The molecule has 2 rings (SSSR count). The largest absolute Gasteiger partial charge is 0.375 e. The molecule has 0 radical (unpaired) electrons. The molecule has 2 heterocycles. The molecule has 0 aliphatic carbocycles. The Balaban J connectivity index is 1.97. The van der Waals surface area contributed by atoms with Gasteiger partial charge >= 0.3 is 0 Å². The van der Waals surface area contributed by atoms with Crippen molar-refractivity contribution in [2.75, 3.05) is 37.7 Å². The predicted octanol–water partition coefficient (Wildman–Crippen LogP) is 1.96. The lowest BCUT2D eigenvalue weighted by Gasteiger charge is -2.46. The fourth-order valence-electron chi connectivity index (χ4n) is 3.17. The first kappa shape index (κ1) is 15.5. The molecule has 1 atom stereocenters. The van der Waals surface area contributed by atoms with Crippen molar-refractivity contribution < 1.29 is 13.5 Å². The number of hydrogen-bond acceptors (Lipinski definition) is 4. The van der Waals surface area contributed by atoms with Gasteiger partial charge in [-0.15, -0.1) is 0 Å². The summed E-state index contributed by atoms with van der Waals surface area (Å²) >= 11 is 1.96. The lowest BCUT2D eigenvalue weighted by atomic mass is 9.85. The zero-order valence-corrected chi connectivity index (χ0v) is 12.1. The number of nitrogens with zero attached hydrogens (tertiary/aromatic N) is 1. The molecule has 19 heavy (non-hydrogen) atoms. The minimum absolute atomic E-state index is 0.0524. The van der Waals surface area contributed by atoms with Gasteiger partial charge in [-0.2, -0.15) is 11.8 Å². The summed E-state index contributed by atoms with van der Waals surface area (Å²) in [5.41, 5.74) is 5.51. The Morgan fingerprint density at radius 3 is 2.74 bits per heavy atom. The third-order valence-electron chi connectivity index (χ3n) is 4.18. The van der Waals surface area contributed by atoms with Crippen molar-refractivity contribution in [1.29, 1.82) is 0 Å². The second-order valence-corrected chi connectivity index (χ2v) is 6.69. The van der Waals surface area contributed by atoms with Crippen LogP contribution in [-0.2, 0) is 4.74 Å². The number of thioether (sulfide) groups is 1.